The molecular formula is C24H45Gd3-3. The molecule has 27 heavy (non-hydrogen) atoms. The minimum atomic E-state index is 0. The van der Waals surface area contributed by atoms with E-state index in [1.54, 1.807) is 17.8 Å². The van der Waals surface area contributed by atoms with Crippen LogP contribution in [0.2, 0.25) is 0 Å². The summed E-state index contributed by atoms with van der Waals surface area (Å²) < 4.78 is 0. The van der Waals surface area contributed by atoms with E-state index in [-0.39, 0.29) is 120 Å². The Labute approximate surface area is 269 Å². The topological polar surface area (TPSA) is 0 Å². The third-order valence-electron chi connectivity index (χ3n) is 6.19. The molecule has 3 aliphatic rings. The van der Waals surface area contributed by atoms with Crippen molar-refractivity contribution < 1.29 is 120 Å². The van der Waals surface area contributed by atoms with E-state index in [9.17, 15) is 0 Å². The first-order chi connectivity index (χ1) is 11.4. The van der Waals surface area contributed by atoms with Gasteiger partial charge in [-0.15, -0.1) is 0 Å². The van der Waals surface area contributed by atoms with E-state index in [0.717, 1.165) is 17.8 Å². The zero-order valence-corrected chi connectivity index (χ0v) is 25.6. The van der Waals surface area contributed by atoms with Crippen LogP contribution in [-0.2, 0) is 0 Å². The van der Waals surface area contributed by atoms with Crippen LogP contribution < -0.4 is 0 Å². The Morgan fingerprint density at radius 2 is 0.519 bits per heavy atom. The second-order valence-electron chi connectivity index (χ2n) is 9.06. The smallest absolute Gasteiger partial charge is 0 e. The quantitative estimate of drug-likeness (QED) is 0.252. The first-order valence-electron chi connectivity index (χ1n) is 11.0. The predicted molar refractivity (Wildman–Crippen MR) is 110 cm³/mol. The maximum absolute atomic E-state index is 2.31. The Morgan fingerprint density at radius 3 is 0.593 bits per heavy atom. The van der Waals surface area contributed by atoms with E-state index >= 15 is 0 Å². The van der Waals surface area contributed by atoms with Crippen molar-refractivity contribution in [3.63, 3.8) is 0 Å². The van der Waals surface area contributed by atoms with Gasteiger partial charge in [-0.05, 0) is 0 Å². The van der Waals surface area contributed by atoms with Gasteiger partial charge in [0.25, 0.3) is 0 Å². The van der Waals surface area contributed by atoms with Gasteiger partial charge in [-0.2, -0.15) is 56.3 Å². The van der Waals surface area contributed by atoms with E-state index in [0.29, 0.717) is 0 Å². The summed E-state index contributed by atoms with van der Waals surface area (Å²) in [6, 6.07) is 0. The van der Waals surface area contributed by atoms with Gasteiger partial charge in [0.15, 0.2) is 0 Å². The zero-order chi connectivity index (χ0) is 17.9. The van der Waals surface area contributed by atoms with E-state index in [4.69, 9.17) is 0 Å². The van der Waals surface area contributed by atoms with Crippen LogP contribution in [-0.4, -0.2) is 0 Å². The van der Waals surface area contributed by atoms with E-state index < -0.39 is 0 Å². The minimum absolute atomic E-state index is 0. The van der Waals surface area contributed by atoms with Crippen molar-refractivity contribution in [3.8, 4) is 0 Å². The summed E-state index contributed by atoms with van der Waals surface area (Å²) in [5.74, 6) is 7.97. The molecule has 0 saturated heterocycles. The van der Waals surface area contributed by atoms with Gasteiger partial charge in [0, 0.05) is 120 Å². The Bertz CT molecular complexity index is 236. The van der Waals surface area contributed by atoms with Gasteiger partial charge in [0.2, 0.25) is 0 Å². The molecule has 3 fully saturated rings. The van der Waals surface area contributed by atoms with Gasteiger partial charge >= 0.3 is 0 Å². The van der Waals surface area contributed by atoms with Crippen LogP contribution in [0, 0.1) is 155 Å². The molecule has 0 heterocycles. The van der Waals surface area contributed by atoms with Gasteiger partial charge < -0.3 is 17.8 Å². The third-order valence-corrected chi connectivity index (χ3v) is 6.19. The second kappa shape index (κ2) is 21.8. The molecule has 0 atom stereocenters. The van der Waals surface area contributed by atoms with Gasteiger partial charge in [0.05, 0.1) is 0 Å². The molecule has 0 nitrogen and oxygen atoms in total. The van der Waals surface area contributed by atoms with E-state index in [2.05, 4.69) is 41.5 Å². The van der Waals surface area contributed by atoms with Crippen molar-refractivity contribution >= 4 is 0 Å². The van der Waals surface area contributed by atoms with Crippen molar-refractivity contribution in [2.75, 3.05) is 0 Å². The fraction of sp³-hybridized carbons (Fsp3) is 0.875. The molecule has 0 unspecified atom stereocenters. The molecule has 0 N–H and O–H groups in total. The third kappa shape index (κ3) is 17.2. The Kier molecular flexibility index (Phi) is 28.7. The van der Waals surface area contributed by atoms with Crippen LogP contribution in [0.5, 0.6) is 0 Å². The maximum Gasteiger partial charge on any atom is 0 e. The first-order valence-corrected chi connectivity index (χ1v) is 11.0. The SMILES string of the molecule is CC(C)[C-]1CCCC1.CC(C)[C-]1CCCC1.CC(C)[C-]1CCCC1.[Gd].[Gd].[Gd]. The minimum Gasteiger partial charge on any atom is -0.311 e. The molecule has 0 aromatic rings. The predicted octanol–water partition coefficient (Wildman–Crippen LogP) is 8.37. The van der Waals surface area contributed by atoms with Gasteiger partial charge in [-0.1, -0.05) is 80.1 Å². The van der Waals surface area contributed by atoms with Gasteiger partial charge in [-0.3, -0.25) is 0 Å². The fourth-order valence-corrected chi connectivity index (χ4v) is 4.22. The molecule has 0 aliphatic heterocycles. The largest absolute Gasteiger partial charge is 0.311 e. The molecule has 0 bridgehead atoms. The first kappa shape index (κ1) is 35.6. The van der Waals surface area contributed by atoms with Crippen molar-refractivity contribution in [2.24, 2.45) is 17.8 Å². The van der Waals surface area contributed by atoms with Crippen LogP contribution in [0.15, 0.2) is 0 Å². The summed E-state index contributed by atoms with van der Waals surface area (Å²) in [5.41, 5.74) is 0. The molecule has 3 aliphatic carbocycles. The Balaban J connectivity index is -0.000000303. The molecule has 0 aromatic heterocycles. The molecule has 3 heteroatoms. The molecule has 3 rings (SSSR count). The second-order valence-corrected chi connectivity index (χ2v) is 9.06. The molecule has 0 radical (unpaired) electrons. The molecule has 3 saturated carbocycles. The summed E-state index contributed by atoms with van der Waals surface area (Å²) in [5, 5.41) is 0. The Morgan fingerprint density at radius 1 is 0.370 bits per heavy atom. The summed E-state index contributed by atoms with van der Waals surface area (Å²) in [6.07, 6.45) is 17.2. The number of rotatable bonds is 3. The monoisotopic (exact) mass is 807 g/mol. The van der Waals surface area contributed by atoms with Crippen LogP contribution in [0.4, 0.5) is 0 Å². The van der Waals surface area contributed by atoms with Crippen LogP contribution in [0.25, 0.3) is 0 Å². The fourth-order valence-electron chi connectivity index (χ4n) is 4.22. The van der Waals surface area contributed by atoms with Crippen molar-refractivity contribution in [2.45, 2.75) is 119 Å². The van der Waals surface area contributed by atoms with Gasteiger partial charge in [-0.25, -0.2) is 0 Å². The van der Waals surface area contributed by atoms with E-state index in [1.807, 2.05) is 0 Å². The zero-order valence-electron chi connectivity index (χ0n) is 18.8. The normalized spacial score (nSPS) is 20.3. The summed E-state index contributed by atoms with van der Waals surface area (Å²) in [4.78, 5) is 0. The van der Waals surface area contributed by atoms with Crippen molar-refractivity contribution in [1.29, 1.82) is 0 Å². The van der Waals surface area contributed by atoms with Crippen LogP contribution in [0.1, 0.15) is 119 Å². The van der Waals surface area contributed by atoms with E-state index in [1.165, 1.54) is 77.0 Å². The molecular weight excluding hydrogens is 760 g/mol. The average Bonchev–Trinajstić information content (AvgIpc) is 3.29. The number of hydrogen-bond donors (Lipinski definition) is 0. The molecule has 168 valence electrons. The Hall–Kier alpha value is 3.97. The summed E-state index contributed by atoms with van der Waals surface area (Å²) in [6.45, 7) is 13.8. The van der Waals surface area contributed by atoms with Crippen LogP contribution in [0.3, 0.4) is 0 Å². The summed E-state index contributed by atoms with van der Waals surface area (Å²) in [7, 11) is 0. The standard InChI is InChI=1S/3C8H15.3Gd/c3*1-7(2)8-5-3-4-6-8;;;/h3*7H,3-6H2,1-2H3;;;/q3*-1;;;. The van der Waals surface area contributed by atoms with Crippen molar-refractivity contribution in [1.82, 2.24) is 0 Å². The average molecular weight is 805 g/mol. The van der Waals surface area contributed by atoms with Crippen molar-refractivity contribution in [3.05, 3.63) is 17.8 Å². The molecule has 0 spiro atoms. The molecule has 0 amide bonds. The van der Waals surface area contributed by atoms with Crippen LogP contribution >= 0.6 is 0 Å². The maximum atomic E-state index is 2.31. The van der Waals surface area contributed by atoms with Gasteiger partial charge in [0.1, 0.15) is 0 Å². The summed E-state index contributed by atoms with van der Waals surface area (Å²) >= 11 is 0. The number of hydrogen-bond acceptors (Lipinski definition) is 0. The molecule has 0 aromatic carbocycles.